The van der Waals surface area contributed by atoms with E-state index in [1.54, 1.807) is 25.3 Å². The fraction of sp³-hybridized carbons (Fsp3) is 0.444. The van der Waals surface area contributed by atoms with Crippen LogP contribution in [0.25, 0.3) is 6.08 Å². The van der Waals surface area contributed by atoms with Gasteiger partial charge in [0, 0.05) is 33.1 Å². The van der Waals surface area contributed by atoms with Gasteiger partial charge in [-0.05, 0) is 23.8 Å². The molecule has 0 unspecified atom stereocenters. The van der Waals surface area contributed by atoms with Gasteiger partial charge in [0.15, 0.2) is 0 Å². The molecule has 2 N–H and O–H groups in total. The third-order valence-electron chi connectivity index (χ3n) is 3.80. The molecular formula is C18H25N3O4. The van der Waals surface area contributed by atoms with Crippen LogP contribution in [-0.2, 0) is 14.3 Å². The van der Waals surface area contributed by atoms with Gasteiger partial charge in [0.2, 0.25) is 5.91 Å². The Bertz CT molecular complexity index is 607. The maximum Gasteiger partial charge on any atom is 0.267 e. The van der Waals surface area contributed by atoms with Crippen LogP contribution in [0.15, 0.2) is 30.0 Å². The normalized spacial score (nSPS) is 15.5. The van der Waals surface area contributed by atoms with Crippen LogP contribution in [0.2, 0.25) is 0 Å². The molecule has 0 spiro atoms. The molecule has 1 heterocycles. The van der Waals surface area contributed by atoms with E-state index in [-0.39, 0.29) is 17.5 Å². The Balaban J connectivity index is 1.95. The predicted molar refractivity (Wildman–Crippen MR) is 95.1 cm³/mol. The molecule has 0 bridgehead atoms. The lowest BCUT2D eigenvalue weighted by Crippen LogP contribution is -2.42. The number of morpholine rings is 1. The molecule has 25 heavy (non-hydrogen) atoms. The highest BCUT2D eigenvalue weighted by Gasteiger charge is 2.13. The molecule has 2 rings (SSSR count). The summed E-state index contributed by atoms with van der Waals surface area (Å²) in [5.41, 5.74) is 1.02. The summed E-state index contributed by atoms with van der Waals surface area (Å²) in [5.74, 6) is 0.135. The van der Waals surface area contributed by atoms with Crippen molar-refractivity contribution in [1.82, 2.24) is 15.5 Å². The summed E-state index contributed by atoms with van der Waals surface area (Å²) in [6, 6.07) is 7.24. The summed E-state index contributed by atoms with van der Waals surface area (Å²) >= 11 is 0. The number of hydrogen-bond donors (Lipinski definition) is 2. The van der Waals surface area contributed by atoms with Gasteiger partial charge in [-0.2, -0.15) is 0 Å². The first kappa shape index (κ1) is 19.0. The third kappa shape index (κ3) is 6.56. The molecule has 7 heteroatoms. The molecule has 1 aromatic carbocycles. The maximum absolute atomic E-state index is 12.4. The van der Waals surface area contributed by atoms with E-state index in [0.29, 0.717) is 6.54 Å². The minimum atomic E-state index is -0.306. The zero-order valence-electron chi connectivity index (χ0n) is 14.7. The second-order valence-electron chi connectivity index (χ2n) is 5.72. The van der Waals surface area contributed by atoms with Crippen LogP contribution in [0.5, 0.6) is 5.75 Å². The van der Waals surface area contributed by atoms with Crippen LogP contribution < -0.4 is 15.4 Å². The zero-order valence-corrected chi connectivity index (χ0v) is 14.7. The Kier molecular flexibility index (Phi) is 7.43. The van der Waals surface area contributed by atoms with Crippen molar-refractivity contribution in [2.24, 2.45) is 0 Å². The maximum atomic E-state index is 12.4. The van der Waals surface area contributed by atoms with Crippen LogP contribution in [0.1, 0.15) is 12.5 Å². The van der Waals surface area contributed by atoms with Gasteiger partial charge in [0.25, 0.3) is 5.91 Å². The average Bonchev–Trinajstić information content (AvgIpc) is 2.62. The summed E-state index contributed by atoms with van der Waals surface area (Å²) in [4.78, 5) is 26.0. The number of amides is 2. The first-order valence-electron chi connectivity index (χ1n) is 8.30. The quantitative estimate of drug-likeness (QED) is 0.707. The van der Waals surface area contributed by atoms with E-state index in [1.807, 2.05) is 12.1 Å². The molecule has 136 valence electrons. The van der Waals surface area contributed by atoms with Gasteiger partial charge in [-0.15, -0.1) is 0 Å². The number of nitrogens with zero attached hydrogens (tertiary/aromatic N) is 1. The minimum Gasteiger partial charge on any atom is -0.497 e. The lowest BCUT2D eigenvalue weighted by Gasteiger charge is -2.26. The molecule has 2 amide bonds. The number of ether oxygens (including phenoxy) is 2. The molecular weight excluding hydrogens is 322 g/mol. The van der Waals surface area contributed by atoms with E-state index in [2.05, 4.69) is 15.5 Å². The molecule has 1 aliphatic heterocycles. The molecule has 1 saturated heterocycles. The van der Waals surface area contributed by atoms with Crippen LogP contribution >= 0.6 is 0 Å². The van der Waals surface area contributed by atoms with E-state index in [4.69, 9.17) is 9.47 Å². The molecule has 1 aliphatic rings. The number of benzene rings is 1. The topological polar surface area (TPSA) is 79.9 Å². The Morgan fingerprint density at radius 3 is 2.52 bits per heavy atom. The van der Waals surface area contributed by atoms with Crippen LogP contribution in [0.4, 0.5) is 0 Å². The number of nitrogens with one attached hydrogen (secondary N) is 2. The van der Waals surface area contributed by atoms with Gasteiger partial charge in [-0.1, -0.05) is 12.1 Å². The SMILES string of the molecule is COc1ccc(/C=C(\NC(C)=O)C(=O)NCCN2CCOCC2)cc1. The van der Waals surface area contributed by atoms with E-state index >= 15 is 0 Å². The zero-order chi connectivity index (χ0) is 18.1. The highest BCUT2D eigenvalue weighted by molar-refractivity contribution is 6.00. The van der Waals surface area contributed by atoms with Crippen molar-refractivity contribution in [1.29, 1.82) is 0 Å². The first-order valence-corrected chi connectivity index (χ1v) is 8.30. The van der Waals surface area contributed by atoms with Crippen molar-refractivity contribution < 1.29 is 19.1 Å². The highest BCUT2D eigenvalue weighted by atomic mass is 16.5. The standard InChI is InChI=1S/C18H25N3O4/c1-14(22)20-17(13-15-3-5-16(24-2)6-4-15)18(23)19-7-8-21-9-11-25-12-10-21/h3-6,13H,7-12H2,1-2H3,(H,19,23)(H,20,22)/b17-13-. The smallest absolute Gasteiger partial charge is 0.267 e. The summed E-state index contributed by atoms with van der Waals surface area (Å²) in [6.45, 7) is 5.84. The summed E-state index contributed by atoms with van der Waals surface area (Å²) in [5, 5.41) is 5.44. The van der Waals surface area contributed by atoms with Crippen molar-refractivity contribution in [2.45, 2.75) is 6.92 Å². The number of hydrogen-bond acceptors (Lipinski definition) is 5. The van der Waals surface area contributed by atoms with Gasteiger partial charge >= 0.3 is 0 Å². The van der Waals surface area contributed by atoms with E-state index < -0.39 is 0 Å². The number of carbonyl (C=O) groups is 2. The number of methoxy groups -OCH3 is 1. The van der Waals surface area contributed by atoms with Crippen LogP contribution in [0, 0.1) is 0 Å². The second kappa shape index (κ2) is 9.80. The molecule has 1 aromatic rings. The molecule has 7 nitrogen and oxygen atoms in total. The first-order chi connectivity index (χ1) is 12.1. The third-order valence-corrected chi connectivity index (χ3v) is 3.80. The molecule has 0 radical (unpaired) electrons. The Morgan fingerprint density at radius 1 is 1.24 bits per heavy atom. The molecule has 0 saturated carbocycles. The van der Waals surface area contributed by atoms with Crippen molar-refractivity contribution >= 4 is 17.9 Å². The summed E-state index contributed by atoms with van der Waals surface area (Å²) in [6.07, 6.45) is 1.64. The average molecular weight is 347 g/mol. The van der Waals surface area contributed by atoms with Crippen LogP contribution in [-0.4, -0.2) is 63.2 Å². The minimum absolute atomic E-state index is 0.222. The van der Waals surface area contributed by atoms with Gasteiger partial charge in [-0.25, -0.2) is 0 Å². The molecule has 0 aliphatic carbocycles. The van der Waals surface area contributed by atoms with Gasteiger partial charge < -0.3 is 20.1 Å². The van der Waals surface area contributed by atoms with Gasteiger partial charge in [0.1, 0.15) is 11.4 Å². The van der Waals surface area contributed by atoms with Crippen molar-refractivity contribution in [3.05, 3.63) is 35.5 Å². The molecule has 1 fully saturated rings. The summed E-state index contributed by atoms with van der Waals surface area (Å²) in [7, 11) is 1.59. The molecule has 0 aromatic heterocycles. The van der Waals surface area contributed by atoms with E-state index in [1.165, 1.54) is 6.92 Å². The van der Waals surface area contributed by atoms with E-state index in [9.17, 15) is 9.59 Å². The lowest BCUT2D eigenvalue weighted by atomic mass is 10.1. The van der Waals surface area contributed by atoms with Crippen molar-refractivity contribution in [3.63, 3.8) is 0 Å². The monoisotopic (exact) mass is 347 g/mol. The highest BCUT2D eigenvalue weighted by Crippen LogP contribution is 2.13. The fourth-order valence-corrected chi connectivity index (χ4v) is 2.46. The fourth-order valence-electron chi connectivity index (χ4n) is 2.46. The van der Waals surface area contributed by atoms with Gasteiger partial charge in [-0.3, -0.25) is 14.5 Å². The Morgan fingerprint density at radius 2 is 1.92 bits per heavy atom. The van der Waals surface area contributed by atoms with Crippen molar-refractivity contribution in [2.75, 3.05) is 46.5 Å². The number of carbonyl (C=O) groups excluding carboxylic acids is 2. The number of rotatable bonds is 7. The van der Waals surface area contributed by atoms with Crippen molar-refractivity contribution in [3.8, 4) is 5.75 Å². The van der Waals surface area contributed by atoms with Gasteiger partial charge in [0.05, 0.1) is 20.3 Å². The summed E-state index contributed by atoms with van der Waals surface area (Å²) < 4.78 is 10.4. The predicted octanol–water partition coefficient (Wildman–Crippen LogP) is 0.621. The Hall–Kier alpha value is -2.38. The van der Waals surface area contributed by atoms with Crippen LogP contribution in [0.3, 0.4) is 0 Å². The van der Waals surface area contributed by atoms with E-state index in [0.717, 1.165) is 44.2 Å². The second-order valence-corrected chi connectivity index (χ2v) is 5.72. The Labute approximate surface area is 148 Å². The lowest BCUT2D eigenvalue weighted by molar-refractivity contribution is -0.122. The molecule has 0 atom stereocenters. The largest absolute Gasteiger partial charge is 0.497 e.